The molecule has 2 heterocycles. The molecule has 6 heteroatoms. The lowest BCUT2D eigenvalue weighted by atomic mass is 10.0. The maximum Gasteiger partial charge on any atom is 0.222 e. The first-order valence-corrected chi connectivity index (χ1v) is 7.67. The molecule has 0 fully saturated rings. The summed E-state index contributed by atoms with van der Waals surface area (Å²) in [5.74, 6) is 0.445. The van der Waals surface area contributed by atoms with Crippen LogP contribution in [0.25, 0.3) is 10.1 Å². The van der Waals surface area contributed by atoms with Gasteiger partial charge in [0.1, 0.15) is 5.60 Å². The first-order valence-electron chi connectivity index (χ1n) is 6.47. The van der Waals surface area contributed by atoms with E-state index in [-0.39, 0.29) is 0 Å². The third-order valence-electron chi connectivity index (χ3n) is 3.17. The third kappa shape index (κ3) is 3.15. The van der Waals surface area contributed by atoms with Crippen molar-refractivity contribution in [2.45, 2.75) is 12.5 Å². The van der Waals surface area contributed by atoms with Gasteiger partial charge in [-0.25, -0.2) is 9.97 Å². The van der Waals surface area contributed by atoms with Crippen LogP contribution in [-0.2, 0) is 5.60 Å². The number of halogens is 1. The van der Waals surface area contributed by atoms with E-state index in [1.807, 2.05) is 24.3 Å². The highest BCUT2D eigenvalue weighted by molar-refractivity contribution is 7.19. The monoisotopic (exact) mass is 319 g/mol. The number of hydrogen-bond donors (Lipinski definition) is 2. The van der Waals surface area contributed by atoms with E-state index >= 15 is 0 Å². The Morgan fingerprint density at radius 1 is 1.29 bits per heavy atom. The van der Waals surface area contributed by atoms with E-state index in [0.717, 1.165) is 15.0 Å². The van der Waals surface area contributed by atoms with Gasteiger partial charge in [0.2, 0.25) is 5.95 Å². The quantitative estimate of drug-likeness (QED) is 0.770. The molecule has 0 aliphatic carbocycles. The lowest BCUT2D eigenvalue weighted by Gasteiger charge is -2.22. The third-order valence-corrected chi connectivity index (χ3v) is 4.73. The molecule has 0 aliphatic rings. The number of aliphatic hydroxyl groups is 1. The van der Waals surface area contributed by atoms with E-state index in [9.17, 15) is 5.11 Å². The van der Waals surface area contributed by atoms with Gasteiger partial charge in [-0.15, -0.1) is 11.3 Å². The van der Waals surface area contributed by atoms with Crippen LogP contribution in [-0.4, -0.2) is 21.6 Å². The van der Waals surface area contributed by atoms with Crippen molar-refractivity contribution in [3.05, 3.63) is 52.6 Å². The van der Waals surface area contributed by atoms with E-state index in [1.54, 1.807) is 18.3 Å². The fraction of sp³-hybridized carbons (Fsp3) is 0.200. The number of fused-ring (bicyclic) bond motifs is 1. The van der Waals surface area contributed by atoms with Gasteiger partial charge in [-0.3, -0.25) is 0 Å². The van der Waals surface area contributed by atoms with Crippen molar-refractivity contribution in [2.24, 2.45) is 0 Å². The minimum atomic E-state index is -0.993. The Bertz CT molecular complexity index is 722. The maximum absolute atomic E-state index is 10.7. The van der Waals surface area contributed by atoms with Gasteiger partial charge in [0, 0.05) is 9.58 Å². The van der Waals surface area contributed by atoms with Gasteiger partial charge >= 0.3 is 0 Å². The molecule has 0 saturated heterocycles. The average Bonchev–Trinajstić information content (AvgIpc) is 2.91. The standard InChI is InChI=1S/C15H14ClN3OS/c1-15(20,9-19-14-17-7-11(16)8-18-14)13-6-10-4-2-3-5-12(10)21-13/h2-8,20H,9H2,1H3,(H,17,18,19). The fourth-order valence-corrected chi connectivity index (χ4v) is 3.19. The summed E-state index contributed by atoms with van der Waals surface area (Å²) in [4.78, 5) is 9.02. The summed E-state index contributed by atoms with van der Waals surface area (Å²) in [7, 11) is 0. The SMILES string of the molecule is CC(O)(CNc1ncc(Cl)cn1)c1cc2ccccc2s1. The van der Waals surface area contributed by atoms with Gasteiger partial charge in [-0.05, 0) is 24.4 Å². The summed E-state index contributed by atoms with van der Waals surface area (Å²) < 4.78 is 1.16. The second-order valence-corrected chi connectivity index (χ2v) is 6.52. The minimum absolute atomic E-state index is 0.321. The predicted molar refractivity (Wildman–Crippen MR) is 86.9 cm³/mol. The van der Waals surface area contributed by atoms with Crippen LogP contribution in [0.2, 0.25) is 5.02 Å². The summed E-state index contributed by atoms with van der Waals surface area (Å²) in [5, 5.41) is 15.3. The van der Waals surface area contributed by atoms with Gasteiger partial charge in [0.15, 0.2) is 0 Å². The van der Waals surface area contributed by atoms with Gasteiger partial charge in [-0.1, -0.05) is 29.8 Å². The normalized spacial score (nSPS) is 14.0. The molecule has 1 atom stereocenters. The molecular formula is C15H14ClN3OS. The van der Waals surface area contributed by atoms with Gasteiger partial charge < -0.3 is 10.4 Å². The lowest BCUT2D eigenvalue weighted by molar-refractivity contribution is 0.0753. The second kappa shape index (κ2) is 5.60. The molecule has 0 saturated carbocycles. The van der Waals surface area contributed by atoms with Crippen LogP contribution < -0.4 is 5.32 Å². The zero-order valence-electron chi connectivity index (χ0n) is 11.4. The Kier molecular flexibility index (Phi) is 3.80. The highest BCUT2D eigenvalue weighted by Crippen LogP contribution is 2.33. The van der Waals surface area contributed by atoms with Crippen LogP contribution in [0.3, 0.4) is 0 Å². The number of aromatic nitrogens is 2. The van der Waals surface area contributed by atoms with Crippen molar-refractivity contribution >= 4 is 39.0 Å². The van der Waals surface area contributed by atoms with Crippen LogP contribution in [0.5, 0.6) is 0 Å². The van der Waals surface area contributed by atoms with Crippen molar-refractivity contribution in [2.75, 3.05) is 11.9 Å². The highest BCUT2D eigenvalue weighted by atomic mass is 35.5. The first kappa shape index (κ1) is 14.3. The number of anilines is 1. The summed E-state index contributed by atoms with van der Waals surface area (Å²) in [5.41, 5.74) is -0.993. The molecule has 3 rings (SSSR count). The van der Waals surface area contributed by atoms with Gasteiger partial charge in [0.25, 0.3) is 0 Å². The topological polar surface area (TPSA) is 58.0 Å². The Morgan fingerprint density at radius 2 is 2.00 bits per heavy atom. The Morgan fingerprint density at radius 3 is 2.71 bits per heavy atom. The van der Waals surface area contributed by atoms with Crippen molar-refractivity contribution < 1.29 is 5.11 Å². The van der Waals surface area contributed by atoms with Crippen molar-refractivity contribution in [3.63, 3.8) is 0 Å². The number of benzene rings is 1. The van der Waals surface area contributed by atoms with E-state index < -0.39 is 5.60 Å². The molecule has 2 N–H and O–H groups in total. The lowest BCUT2D eigenvalue weighted by Crippen LogP contribution is -2.30. The van der Waals surface area contributed by atoms with E-state index in [0.29, 0.717) is 17.5 Å². The number of thiophene rings is 1. The molecule has 4 nitrogen and oxygen atoms in total. The summed E-state index contributed by atoms with van der Waals surface area (Å²) in [6, 6.07) is 10.1. The van der Waals surface area contributed by atoms with E-state index in [2.05, 4.69) is 21.4 Å². The molecule has 2 aromatic heterocycles. The smallest absolute Gasteiger partial charge is 0.222 e. The van der Waals surface area contributed by atoms with E-state index in [1.165, 1.54) is 12.4 Å². The first-order chi connectivity index (χ1) is 10.0. The number of rotatable bonds is 4. The number of hydrogen-bond acceptors (Lipinski definition) is 5. The fourth-order valence-electron chi connectivity index (χ4n) is 1.99. The summed E-state index contributed by atoms with van der Waals surface area (Å²) in [6.45, 7) is 2.10. The molecule has 0 spiro atoms. The predicted octanol–water partition coefficient (Wildman–Crippen LogP) is 3.66. The molecule has 0 radical (unpaired) electrons. The zero-order valence-corrected chi connectivity index (χ0v) is 12.9. The van der Waals surface area contributed by atoms with Crippen LogP contribution in [0.4, 0.5) is 5.95 Å². The molecule has 0 bridgehead atoms. The van der Waals surface area contributed by atoms with Crippen LogP contribution >= 0.6 is 22.9 Å². The minimum Gasteiger partial charge on any atom is -0.383 e. The highest BCUT2D eigenvalue weighted by Gasteiger charge is 2.25. The number of nitrogens with one attached hydrogen (secondary N) is 1. The zero-order chi connectivity index (χ0) is 14.9. The van der Waals surface area contributed by atoms with Crippen molar-refractivity contribution in [1.29, 1.82) is 0 Å². The van der Waals surface area contributed by atoms with Crippen molar-refractivity contribution in [1.82, 2.24) is 9.97 Å². The Balaban J connectivity index is 1.77. The summed E-state index contributed by atoms with van der Waals surface area (Å²) >= 11 is 7.33. The molecule has 1 unspecified atom stereocenters. The molecular weight excluding hydrogens is 306 g/mol. The van der Waals surface area contributed by atoms with Crippen LogP contribution in [0.1, 0.15) is 11.8 Å². The largest absolute Gasteiger partial charge is 0.383 e. The average molecular weight is 320 g/mol. The molecule has 108 valence electrons. The van der Waals surface area contributed by atoms with E-state index in [4.69, 9.17) is 11.6 Å². The molecule has 21 heavy (non-hydrogen) atoms. The maximum atomic E-state index is 10.7. The molecule has 3 aromatic rings. The Hall–Kier alpha value is -1.69. The van der Waals surface area contributed by atoms with Crippen molar-refractivity contribution in [3.8, 4) is 0 Å². The second-order valence-electron chi connectivity index (χ2n) is 5.00. The van der Waals surface area contributed by atoms with Crippen LogP contribution in [0, 0.1) is 0 Å². The van der Waals surface area contributed by atoms with Gasteiger partial charge in [-0.2, -0.15) is 0 Å². The Labute approximate surface area is 131 Å². The molecule has 0 aliphatic heterocycles. The molecule has 0 amide bonds. The summed E-state index contributed by atoms with van der Waals surface area (Å²) in [6.07, 6.45) is 3.04. The van der Waals surface area contributed by atoms with Crippen LogP contribution in [0.15, 0.2) is 42.7 Å². The van der Waals surface area contributed by atoms with Gasteiger partial charge in [0.05, 0.1) is 24.0 Å². The molecule has 1 aromatic carbocycles. The number of nitrogens with zero attached hydrogens (tertiary/aromatic N) is 2.